The summed E-state index contributed by atoms with van der Waals surface area (Å²) in [4.78, 5) is 19.2. The molecule has 1 atom stereocenters. The lowest BCUT2D eigenvalue weighted by atomic mass is 9.82. The number of carbonyl (C=O) groups is 1. The fraction of sp³-hybridized carbons (Fsp3) is 0.286. The molecule has 3 N–H and O–H groups in total. The number of nitrogen functional groups attached to an aromatic ring is 1. The van der Waals surface area contributed by atoms with Crippen LogP contribution in [0.3, 0.4) is 0 Å². The fourth-order valence-corrected chi connectivity index (χ4v) is 5.82. The molecule has 0 saturated heterocycles. The monoisotopic (exact) mass is 487 g/mol. The molecule has 0 radical (unpaired) electrons. The SMILES string of the molecule is COc1ccc(CCNC(=O)c2sc3nc4c(cc3c2N)CC(c2ccccc2)CC4)cc1OC. The van der Waals surface area contributed by atoms with Gasteiger partial charge in [-0.25, -0.2) is 4.98 Å². The zero-order chi connectivity index (χ0) is 24.4. The number of ether oxygens (including phenoxy) is 2. The number of amides is 1. The molecule has 2 heterocycles. The second kappa shape index (κ2) is 9.96. The number of anilines is 1. The van der Waals surface area contributed by atoms with Crippen LogP contribution < -0.4 is 20.5 Å². The van der Waals surface area contributed by atoms with Gasteiger partial charge >= 0.3 is 0 Å². The molecule has 7 heteroatoms. The molecule has 0 saturated carbocycles. The van der Waals surface area contributed by atoms with Crippen LogP contribution >= 0.6 is 11.3 Å². The Morgan fingerprint density at radius 3 is 2.69 bits per heavy atom. The summed E-state index contributed by atoms with van der Waals surface area (Å²) < 4.78 is 10.6. The largest absolute Gasteiger partial charge is 0.493 e. The van der Waals surface area contributed by atoms with Gasteiger partial charge in [-0.05, 0) is 66.5 Å². The summed E-state index contributed by atoms with van der Waals surface area (Å²) in [7, 11) is 3.22. The maximum absolute atomic E-state index is 13.0. The highest BCUT2D eigenvalue weighted by atomic mass is 32.1. The van der Waals surface area contributed by atoms with Crippen LogP contribution in [0.1, 0.15) is 44.4 Å². The molecule has 0 aliphatic heterocycles. The number of aromatic nitrogens is 1. The topological polar surface area (TPSA) is 86.5 Å². The standard InChI is InChI=1S/C28H29N3O3S/c1-33-23-11-8-17(14-24(23)34-2)12-13-30-27(32)26-25(29)21-16-20-15-19(18-6-4-3-5-7-18)9-10-22(20)31-28(21)35-26/h3-8,11,14,16,19H,9-10,12-13,15,29H2,1-2H3,(H,30,32). The summed E-state index contributed by atoms with van der Waals surface area (Å²) in [6.45, 7) is 0.491. The Balaban J connectivity index is 1.29. The third kappa shape index (κ3) is 4.68. The third-order valence-corrected chi connectivity index (χ3v) is 7.82. The molecule has 4 aromatic rings. The van der Waals surface area contributed by atoms with Crippen molar-refractivity contribution in [3.63, 3.8) is 0 Å². The van der Waals surface area contributed by atoms with E-state index in [9.17, 15) is 4.79 Å². The fourth-order valence-electron chi connectivity index (χ4n) is 4.81. The van der Waals surface area contributed by atoms with Crippen LogP contribution in [0.5, 0.6) is 11.5 Å². The van der Waals surface area contributed by atoms with E-state index in [2.05, 4.69) is 41.7 Å². The number of methoxy groups -OCH3 is 2. The summed E-state index contributed by atoms with van der Waals surface area (Å²) in [5, 5.41) is 3.89. The number of hydrogen-bond acceptors (Lipinski definition) is 6. The minimum absolute atomic E-state index is 0.161. The van der Waals surface area contributed by atoms with E-state index < -0.39 is 0 Å². The number of benzene rings is 2. The Kier molecular flexibility index (Phi) is 6.59. The Labute approximate surface area is 209 Å². The van der Waals surface area contributed by atoms with E-state index in [-0.39, 0.29) is 5.91 Å². The van der Waals surface area contributed by atoms with E-state index in [4.69, 9.17) is 20.2 Å². The molecule has 2 aromatic heterocycles. The van der Waals surface area contributed by atoms with Crippen LogP contribution in [-0.4, -0.2) is 31.7 Å². The summed E-state index contributed by atoms with van der Waals surface area (Å²) in [5.41, 5.74) is 11.8. The molecule has 1 aliphatic carbocycles. The molecule has 5 rings (SSSR count). The predicted octanol–water partition coefficient (Wildman–Crippen LogP) is 5.14. The van der Waals surface area contributed by atoms with Crippen molar-refractivity contribution >= 4 is 33.1 Å². The molecule has 2 aromatic carbocycles. The minimum Gasteiger partial charge on any atom is -0.493 e. The Bertz CT molecular complexity index is 1370. The van der Waals surface area contributed by atoms with E-state index in [0.29, 0.717) is 40.9 Å². The van der Waals surface area contributed by atoms with E-state index in [1.807, 2.05) is 18.2 Å². The number of nitrogens with one attached hydrogen (secondary N) is 1. The number of fused-ring (bicyclic) bond motifs is 2. The van der Waals surface area contributed by atoms with Gasteiger partial charge in [-0.1, -0.05) is 36.4 Å². The number of hydrogen-bond donors (Lipinski definition) is 2. The lowest BCUT2D eigenvalue weighted by molar-refractivity contribution is 0.0959. The summed E-state index contributed by atoms with van der Waals surface area (Å²) in [6.07, 6.45) is 3.64. The van der Waals surface area contributed by atoms with Crippen molar-refractivity contribution in [2.24, 2.45) is 0 Å². The zero-order valence-corrected chi connectivity index (χ0v) is 20.8. The highest BCUT2D eigenvalue weighted by Gasteiger charge is 2.24. The molecular formula is C28H29N3O3S. The number of rotatable bonds is 7. The molecule has 1 unspecified atom stereocenters. The average molecular weight is 488 g/mol. The maximum Gasteiger partial charge on any atom is 0.263 e. The first-order valence-electron chi connectivity index (χ1n) is 11.8. The second-order valence-corrected chi connectivity index (χ2v) is 9.84. The molecule has 6 nitrogen and oxygen atoms in total. The number of nitrogens with two attached hydrogens (primary N) is 1. The molecular weight excluding hydrogens is 458 g/mol. The van der Waals surface area contributed by atoms with Crippen molar-refractivity contribution in [2.75, 3.05) is 26.5 Å². The van der Waals surface area contributed by atoms with Gasteiger partial charge in [0, 0.05) is 17.6 Å². The van der Waals surface area contributed by atoms with Gasteiger partial charge in [-0.3, -0.25) is 4.79 Å². The quantitative estimate of drug-likeness (QED) is 0.377. The van der Waals surface area contributed by atoms with E-state index in [0.717, 1.165) is 40.7 Å². The minimum atomic E-state index is -0.161. The number of pyridine rings is 1. The van der Waals surface area contributed by atoms with Crippen LogP contribution in [0.15, 0.2) is 54.6 Å². The predicted molar refractivity (Wildman–Crippen MR) is 141 cm³/mol. The Morgan fingerprint density at radius 1 is 1.11 bits per heavy atom. The average Bonchev–Trinajstić information content (AvgIpc) is 3.22. The van der Waals surface area contributed by atoms with Crippen LogP contribution in [0.4, 0.5) is 5.69 Å². The molecule has 0 bridgehead atoms. The number of nitrogens with zero attached hydrogens (tertiary/aromatic N) is 1. The molecule has 0 fully saturated rings. The molecule has 1 amide bonds. The van der Waals surface area contributed by atoms with Gasteiger partial charge in [0.1, 0.15) is 9.71 Å². The first-order chi connectivity index (χ1) is 17.1. The van der Waals surface area contributed by atoms with Crippen molar-refractivity contribution in [3.05, 3.63) is 81.9 Å². The van der Waals surface area contributed by atoms with Crippen molar-refractivity contribution in [1.82, 2.24) is 10.3 Å². The van der Waals surface area contributed by atoms with Gasteiger partial charge in [0.15, 0.2) is 11.5 Å². The van der Waals surface area contributed by atoms with Crippen molar-refractivity contribution in [2.45, 2.75) is 31.6 Å². The number of carbonyl (C=O) groups excluding carboxylic acids is 1. The molecule has 1 aliphatic rings. The van der Waals surface area contributed by atoms with Gasteiger partial charge in [-0.2, -0.15) is 0 Å². The third-order valence-electron chi connectivity index (χ3n) is 6.71. The summed E-state index contributed by atoms with van der Waals surface area (Å²) >= 11 is 1.37. The second-order valence-electron chi connectivity index (χ2n) is 8.84. The Hall–Kier alpha value is -3.58. The van der Waals surface area contributed by atoms with Gasteiger partial charge in [0.05, 0.1) is 19.9 Å². The van der Waals surface area contributed by atoms with Crippen molar-refractivity contribution < 1.29 is 14.3 Å². The molecule has 0 spiro atoms. The molecule has 180 valence electrons. The van der Waals surface area contributed by atoms with E-state index in [1.165, 1.54) is 22.5 Å². The smallest absolute Gasteiger partial charge is 0.263 e. The lowest BCUT2D eigenvalue weighted by Crippen LogP contribution is -2.25. The van der Waals surface area contributed by atoms with Gasteiger partial charge < -0.3 is 20.5 Å². The van der Waals surface area contributed by atoms with E-state index >= 15 is 0 Å². The highest BCUT2D eigenvalue weighted by Crippen LogP contribution is 2.38. The summed E-state index contributed by atoms with van der Waals surface area (Å²) in [6, 6.07) is 18.6. The van der Waals surface area contributed by atoms with Gasteiger partial charge in [-0.15, -0.1) is 11.3 Å². The van der Waals surface area contributed by atoms with Crippen molar-refractivity contribution in [3.8, 4) is 11.5 Å². The maximum atomic E-state index is 13.0. The van der Waals surface area contributed by atoms with Gasteiger partial charge in [0.25, 0.3) is 5.91 Å². The van der Waals surface area contributed by atoms with E-state index in [1.54, 1.807) is 14.2 Å². The highest BCUT2D eigenvalue weighted by molar-refractivity contribution is 7.21. The van der Waals surface area contributed by atoms with Crippen LogP contribution in [0.25, 0.3) is 10.2 Å². The van der Waals surface area contributed by atoms with Gasteiger partial charge in [0.2, 0.25) is 0 Å². The van der Waals surface area contributed by atoms with Crippen molar-refractivity contribution in [1.29, 1.82) is 0 Å². The first-order valence-corrected chi connectivity index (χ1v) is 12.6. The first kappa shape index (κ1) is 23.2. The normalized spacial score (nSPS) is 15.0. The number of aryl methyl sites for hydroxylation is 1. The number of thiophene rings is 1. The Morgan fingerprint density at radius 2 is 1.91 bits per heavy atom. The molecule has 35 heavy (non-hydrogen) atoms. The zero-order valence-electron chi connectivity index (χ0n) is 20.0. The lowest BCUT2D eigenvalue weighted by Gasteiger charge is -2.24. The van der Waals surface area contributed by atoms with Crippen LogP contribution in [-0.2, 0) is 19.3 Å². The van der Waals surface area contributed by atoms with Crippen LogP contribution in [0.2, 0.25) is 0 Å². The summed E-state index contributed by atoms with van der Waals surface area (Å²) in [5.74, 6) is 1.69. The van der Waals surface area contributed by atoms with Crippen LogP contribution in [0, 0.1) is 0 Å².